The maximum Gasteiger partial charge on any atom is 0.272 e. The van der Waals surface area contributed by atoms with Gasteiger partial charge in [0.15, 0.2) is 0 Å². The third-order valence-corrected chi connectivity index (χ3v) is 3.74. The van der Waals surface area contributed by atoms with Gasteiger partial charge in [-0.1, -0.05) is 25.1 Å². The summed E-state index contributed by atoms with van der Waals surface area (Å²) in [5.74, 6) is 0. The molecule has 1 unspecified atom stereocenters. The van der Waals surface area contributed by atoms with E-state index in [4.69, 9.17) is 0 Å². The van der Waals surface area contributed by atoms with Crippen molar-refractivity contribution in [2.75, 3.05) is 26.7 Å². The van der Waals surface area contributed by atoms with E-state index >= 15 is 0 Å². The first-order valence-electron chi connectivity index (χ1n) is 7.19. The van der Waals surface area contributed by atoms with Crippen LogP contribution in [-0.4, -0.2) is 42.5 Å². The number of nitrogens with one attached hydrogen (secondary N) is 1. The van der Waals surface area contributed by atoms with Crippen LogP contribution in [0.15, 0.2) is 24.3 Å². The van der Waals surface area contributed by atoms with E-state index in [1.165, 1.54) is 0 Å². The van der Waals surface area contributed by atoms with Crippen molar-refractivity contribution in [1.29, 1.82) is 0 Å². The van der Waals surface area contributed by atoms with Crippen LogP contribution in [0.5, 0.6) is 0 Å². The Labute approximate surface area is 121 Å². The molecule has 0 radical (unpaired) electrons. The molecule has 112 valence electrons. The van der Waals surface area contributed by atoms with Crippen LogP contribution in [0.25, 0.3) is 0 Å². The summed E-state index contributed by atoms with van der Waals surface area (Å²) in [6, 6.07) is 7.53. The zero-order chi connectivity index (χ0) is 15.0. The Balaban J connectivity index is 2.30. The highest BCUT2D eigenvalue weighted by Crippen LogP contribution is 2.17. The van der Waals surface area contributed by atoms with Gasteiger partial charge in [0.25, 0.3) is 5.69 Å². The number of nitro benzene ring substituents is 1. The van der Waals surface area contributed by atoms with Gasteiger partial charge in [0, 0.05) is 30.8 Å². The van der Waals surface area contributed by atoms with Gasteiger partial charge in [-0.05, 0) is 33.4 Å². The molecule has 0 amide bonds. The van der Waals surface area contributed by atoms with Crippen LogP contribution >= 0.6 is 0 Å². The summed E-state index contributed by atoms with van der Waals surface area (Å²) in [5.41, 5.74) is 1.01. The smallest absolute Gasteiger partial charge is 0.272 e. The van der Waals surface area contributed by atoms with Crippen LogP contribution in [0.4, 0.5) is 5.69 Å². The van der Waals surface area contributed by atoms with Crippen molar-refractivity contribution < 1.29 is 4.92 Å². The van der Waals surface area contributed by atoms with E-state index in [-0.39, 0.29) is 10.6 Å². The van der Waals surface area contributed by atoms with Crippen molar-refractivity contribution in [3.8, 4) is 0 Å². The summed E-state index contributed by atoms with van der Waals surface area (Å²) in [6.07, 6.45) is 1.83. The van der Waals surface area contributed by atoms with E-state index < -0.39 is 0 Å². The molecule has 1 aromatic rings. The lowest BCUT2D eigenvalue weighted by atomic mass is 10.1. The highest BCUT2D eigenvalue weighted by molar-refractivity contribution is 5.39. The van der Waals surface area contributed by atoms with Crippen molar-refractivity contribution in [3.05, 3.63) is 39.9 Å². The quantitative estimate of drug-likeness (QED) is 0.428. The van der Waals surface area contributed by atoms with Crippen molar-refractivity contribution in [3.63, 3.8) is 0 Å². The average Bonchev–Trinajstić information content (AvgIpc) is 2.46. The van der Waals surface area contributed by atoms with E-state index in [1.54, 1.807) is 12.1 Å². The molecule has 1 N–H and O–H groups in total. The van der Waals surface area contributed by atoms with Crippen LogP contribution in [0.1, 0.15) is 25.8 Å². The average molecular weight is 279 g/mol. The molecule has 1 rings (SSSR count). The van der Waals surface area contributed by atoms with E-state index in [0.29, 0.717) is 12.5 Å². The predicted octanol–water partition coefficient (Wildman–Crippen LogP) is 2.46. The van der Waals surface area contributed by atoms with Crippen LogP contribution in [0.2, 0.25) is 0 Å². The summed E-state index contributed by atoms with van der Waals surface area (Å²) in [5, 5.41) is 14.2. The molecule has 1 aromatic carbocycles. The Bertz CT molecular complexity index is 423. The van der Waals surface area contributed by atoms with Crippen LogP contribution in [0.3, 0.4) is 0 Å². The Kier molecular flexibility index (Phi) is 7.18. The summed E-state index contributed by atoms with van der Waals surface area (Å²) < 4.78 is 0. The molecule has 0 fully saturated rings. The minimum atomic E-state index is -0.313. The topological polar surface area (TPSA) is 58.4 Å². The van der Waals surface area contributed by atoms with Gasteiger partial charge in [0.2, 0.25) is 0 Å². The van der Waals surface area contributed by atoms with Gasteiger partial charge in [-0.2, -0.15) is 0 Å². The maximum absolute atomic E-state index is 10.9. The van der Waals surface area contributed by atoms with Gasteiger partial charge < -0.3 is 10.2 Å². The molecular weight excluding hydrogens is 254 g/mol. The number of nitro groups is 1. The monoisotopic (exact) mass is 279 g/mol. The number of nitrogens with zero attached hydrogens (tertiary/aromatic N) is 2. The number of rotatable bonds is 9. The highest BCUT2D eigenvalue weighted by atomic mass is 16.6. The first kappa shape index (κ1) is 16.6. The number of para-hydroxylation sites is 1. The maximum atomic E-state index is 10.9. The molecule has 0 saturated carbocycles. The lowest BCUT2D eigenvalue weighted by Crippen LogP contribution is -2.35. The molecule has 0 aliphatic heterocycles. The summed E-state index contributed by atoms with van der Waals surface area (Å²) in [6.45, 7) is 7.06. The highest BCUT2D eigenvalue weighted by Gasteiger charge is 2.11. The summed E-state index contributed by atoms with van der Waals surface area (Å²) in [4.78, 5) is 12.9. The van der Waals surface area contributed by atoms with E-state index in [0.717, 1.165) is 31.6 Å². The van der Waals surface area contributed by atoms with Gasteiger partial charge >= 0.3 is 0 Å². The lowest BCUT2D eigenvalue weighted by molar-refractivity contribution is -0.385. The minimum absolute atomic E-state index is 0.214. The zero-order valence-corrected chi connectivity index (χ0v) is 12.6. The number of benzene rings is 1. The number of likely N-dealkylation sites (N-methyl/N-ethyl adjacent to an activating group) is 1. The second-order valence-electron chi connectivity index (χ2n) is 5.12. The minimum Gasteiger partial charge on any atom is -0.315 e. The van der Waals surface area contributed by atoms with Gasteiger partial charge in [-0.3, -0.25) is 10.1 Å². The molecule has 20 heavy (non-hydrogen) atoms. The van der Waals surface area contributed by atoms with E-state index in [1.807, 2.05) is 12.1 Å². The van der Waals surface area contributed by atoms with Crippen LogP contribution < -0.4 is 5.32 Å². The first-order valence-corrected chi connectivity index (χ1v) is 7.19. The fourth-order valence-electron chi connectivity index (χ4n) is 2.04. The van der Waals surface area contributed by atoms with Crippen LogP contribution in [0, 0.1) is 10.1 Å². The van der Waals surface area contributed by atoms with Gasteiger partial charge in [-0.15, -0.1) is 0 Å². The molecule has 1 atom stereocenters. The summed E-state index contributed by atoms with van der Waals surface area (Å²) in [7, 11) is 2.12. The van der Waals surface area contributed by atoms with Crippen molar-refractivity contribution in [1.82, 2.24) is 10.2 Å². The third kappa shape index (κ3) is 5.27. The Morgan fingerprint density at radius 1 is 1.35 bits per heavy atom. The molecule has 0 aliphatic rings. The molecular formula is C15H25N3O2. The second-order valence-corrected chi connectivity index (χ2v) is 5.12. The predicted molar refractivity (Wildman–Crippen MR) is 82.1 cm³/mol. The van der Waals surface area contributed by atoms with Gasteiger partial charge in [0.05, 0.1) is 4.92 Å². The normalized spacial score (nSPS) is 12.6. The molecule has 0 heterocycles. The van der Waals surface area contributed by atoms with E-state index in [9.17, 15) is 10.1 Å². The number of hydrogen-bond donors (Lipinski definition) is 1. The lowest BCUT2D eigenvalue weighted by Gasteiger charge is -2.23. The fourth-order valence-corrected chi connectivity index (χ4v) is 2.04. The van der Waals surface area contributed by atoms with Crippen LogP contribution in [-0.2, 0) is 6.42 Å². The zero-order valence-electron chi connectivity index (χ0n) is 12.6. The standard InChI is InChI=1S/C15H25N3O2/c1-4-13(2)17(3)12-11-16-10-9-14-7-5-6-8-15(14)18(19)20/h5-8,13,16H,4,9-12H2,1-3H3. The molecule has 0 aliphatic carbocycles. The van der Waals surface area contributed by atoms with Crippen molar-refractivity contribution in [2.24, 2.45) is 0 Å². The molecule has 0 bridgehead atoms. The van der Waals surface area contributed by atoms with E-state index in [2.05, 4.69) is 31.1 Å². The molecule has 5 nitrogen and oxygen atoms in total. The Morgan fingerprint density at radius 2 is 2.05 bits per heavy atom. The Hall–Kier alpha value is -1.46. The molecule has 0 saturated heterocycles. The second kappa shape index (κ2) is 8.66. The third-order valence-electron chi connectivity index (χ3n) is 3.74. The van der Waals surface area contributed by atoms with Crippen molar-refractivity contribution in [2.45, 2.75) is 32.7 Å². The summed E-state index contributed by atoms with van der Waals surface area (Å²) >= 11 is 0. The molecule has 5 heteroatoms. The Morgan fingerprint density at radius 3 is 2.70 bits per heavy atom. The fraction of sp³-hybridized carbons (Fsp3) is 0.600. The van der Waals surface area contributed by atoms with Gasteiger partial charge in [0.1, 0.15) is 0 Å². The van der Waals surface area contributed by atoms with Gasteiger partial charge in [-0.25, -0.2) is 0 Å². The SMILES string of the molecule is CCC(C)N(C)CCNCCc1ccccc1[N+](=O)[O-]. The molecule has 0 spiro atoms. The number of hydrogen-bond acceptors (Lipinski definition) is 4. The van der Waals surface area contributed by atoms with Crippen molar-refractivity contribution >= 4 is 5.69 Å². The largest absolute Gasteiger partial charge is 0.315 e. The first-order chi connectivity index (χ1) is 9.56. The molecule has 0 aromatic heterocycles.